The fourth-order valence-corrected chi connectivity index (χ4v) is 8.72. The quantitative estimate of drug-likeness (QED) is 0.163. The number of halogens is 2. The van der Waals surface area contributed by atoms with Crippen molar-refractivity contribution in [3.05, 3.63) is 128 Å². The van der Waals surface area contributed by atoms with Gasteiger partial charge in [0.2, 0.25) is 11.8 Å². The Labute approximate surface area is 352 Å². The highest BCUT2D eigenvalue weighted by molar-refractivity contribution is 6.31. The summed E-state index contributed by atoms with van der Waals surface area (Å²) in [5.74, 6) is -1.09. The van der Waals surface area contributed by atoms with E-state index in [0.717, 1.165) is 40.9 Å². The highest BCUT2D eigenvalue weighted by atomic mass is 35.5. The number of hydrogen-bond acceptors (Lipinski definition) is 8. The smallest absolute Gasteiger partial charge is 0.326 e. The predicted molar refractivity (Wildman–Crippen MR) is 225 cm³/mol. The van der Waals surface area contributed by atoms with E-state index in [-0.39, 0.29) is 30.0 Å². The van der Waals surface area contributed by atoms with Gasteiger partial charge in [-0.2, -0.15) is 0 Å². The maximum Gasteiger partial charge on any atom is 0.326 e. The molecule has 1 N–H and O–H groups in total. The number of aliphatic imine (C=N–C) groups is 1. The van der Waals surface area contributed by atoms with Crippen molar-refractivity contribution in [2.75, 3.05) is 37.7 Å². The minimum Gasteiger partial charge on any atom is -0.493 e. The average Bonchev–Trinajstić information content (AvgIpc) is 3.75. The van der Waals surface area contributed by atoms with E-state index in [0.29, 0.717) is 65.7 Å². The number of carbonyl (C=O) groups excluding carboxylic acids is 5. The van der Waals surface area contributed by atoms with Crippen LogP contribution in [0.2, 0.25) is 10.0 Å². The second kappa shape index (κ2) is 16.9. The molecule has 2 fully saturated rings. The van der Waals surface area contributed by atoms with Gasteiger partial charge < -0.3 is 14.5 Å². The van der Waals surface area contributed by atoms with Gasteiger partial charge in [0.15, 0.2) is 0 Å². The van der Waals surface area contributed by atoms with Gasteiger partial charge in [-0.05, 0) is 91.4 Å². The number of imide groups is 2. The Balaban J connectivity index is 1.12. The molecular weight excluding hydrogens is 791 g/mol. The number of hydrogen-bond donors (Lipinski definition) is 1. The van der Waals surface area contributed by atoms with E-state index in [1.54, 1.807) is 28.0 Å². The molecule has 3 atom stereocenters. The summed E-state index contributed by atoms with van der Waals surface area (Å²) in [6.45, 7) is 5.86. The molecule has 6 amide bonds. The monoisotopic (exact) mass is 834 g/mol. The molecule has 0 radical (unpaired) electrons. The lowest BCUT2D eigenvalue weighted by atomic mass is 9.93. The minimum atomic E-state index is -1.07. The van der Waals surface area contributed by atoms with Crippen LogP contribution in [0.1, 0.15) is 94.6 Å². The number of anilines is 1. The summed E-state index contributed by atoms with van der Waals surface area (Å²) < 4.78 is 6.26. The zero-order valence-electron chi connectivity index (χ0n) is 32.8. The van der Waals surface area contributed by atoms with Gasteiger partial charge in [-0.1, -0.05) is 72.9 Å². The highest BCUT2D eigenvalue weighted by Gasteiger charge is 2.48. The van der Waals surface area contributed by atoms with Crippen molar-refractivity contribution in [3.8, 4) is 5.75 Å². The topological polar surface area (TPSA) is 132 Å². The first-order valence-corrected chi connectivity index (χ1v) is 20.9. The van der Waals surface area contributed by atoms with Crippen LogP contribution in [-0.2, 0) is 16.0 Å². The third-order valence-corrected chi connectivity index (χ3v) is 11.9. The molecule has 4 aliphatic rings. The molecule has 0 spiro atoms. The van der Waals surface area contributed by atoms with E-state index in [4.69, 9.17) is 32.9 Å². The average molecular weight is 836 g/mol. The number of amidine groups is 1. The highest BCUT2D eigenvalue weighted by Crippen LogP contribution is 2.46. The molecule has 1 unspecified atom stereocenters. The summed E-state index contributed by atoms with van der Waals surface area (Å²) in [5, 5.41) is 3.41. The Bertz CT molecular complexity index is 2340. The number of nitrogens with zero attached hydrogens (tertiary/aromatic N) is 5. The number of benzene rings is 4. The Kier molecular flexibility index (Phi) is 11.5. The van der Waals surface area contributed by atoms with E-state index in [9.17, 15) is 19.2 Å². The van der Waals surface area contributed by atoms with Gasteiger partial charge in [0.25, 0.3) is 11.8 Å². The molecule has 14 heteroatoms. The second-order valence-corrected chi connectivity index (χ2v) is 16.0. The number of piperazine rings is 1. The summed E-state index contributed by atoms with van der Waals surface area (Å²) in [6, 6.07) is 23.9. The third-order valence-electron chi connectivity index (χ3n) is 11.4. The normalized spacial score (nSPS) is 20.5. The molecule has 0 bridgehead atoms. The van der Waals surface area contributed by atoms with Crippen molar-refractivity contribution in [1.82, 2.24) is 20.0 Å². The van der Waals surface area contributed by atoms with Crippen LogP contribution < -0.4 is 15.0 Å². The van der Waals surface area contributed by atoms with Crippen molar-refractivity contribution in [3.63, 3.8) is 0 Å². The van der Waals surface area contributed by atoms with Crippen LogP contribution in [-0.4, -0.2) is 89.0 Å². The van der Waals surface area contributed by atoms with Crippen molar-refractivity contribution in [2.45, 2.75) is 64.1 Å². The van der Waals surface area contributed by atoms with Gasteiger partial charge in [-0.3, -0.25) is 39.3 Å². The van der Waals surface area contributed by atoms with Crippen LogP contribution in [0.15, 0.2) is 89.9 Å². The van der Waals surface area contributed by atoms with Crippen LogP contribution in [0.5, 0.6) is 5.75 Å². The van der Waals surface area contributed by atoms with E-state index in [2.05, 4.69) is 24.4 Å². The zero-order valence-corrected chi connectivity index (χ0v) is 34.3. The number of ether oxygens (including phenoxy) is 1. The molecule has 4 aliphatic heterocycles. The lowest BCUT2D eigenvalue weighted by Crippen LogP contribution is -2.55. The van der Waals surface area contributed by atoms with Gasteiger partial charge in [0.1, 0.15) is 23.7 Å². The van der Waals surface area contributed by atoms with Gasteiger partial charge in [0.05, 0.1) is 35.0 Å². The van der Waals surface area contributed by atoms with Gasteiger partial charge in [-0.25, -0.2) is 4.79 Å². The first-order chi connectivity index (χ1) is 28.6. The zero-order chi connectivity index (χ0) is 41.4. The molecule has 4 heterocycles. The van der Waals surface area contributed by atoms with E-state index >= 15 is 4.79 Å². The van der Waals surface area contributed by atoms with E-state index in [1.165, 1.54) is 0 Å². The Morgan fingerprint density at radius 2 is 1.53 bits per heavy atom. The SMILES string of the molecule is CCCCc1ccc(C2=N[C@@H](c3ccc(Cl)cc3)[C@@H](c3ccc(Cl)cc3)N2C(=O)N2CCN(c3cccc4c3C(=O)N(C3CCC(=O)NC3=O)C4=O)CC2)c(OCC)c1. The number of urea groups is 1. The molecular formula is C45H44Cl2N6O6. The summed E-state index contributed by atoms with van der Waals surface area (Å²) >= 11 is 12.7. The number of fused-ring (bicyclic) bond motifs is 1. The van der Waals surface area contributed by atoms with Crippen LogP contribution in [0.3, 0.4) is 0 Å². The summed E-state index contributed by atoms with van der Waals surface area (Å²) in [7, 11) is 0. The summed E-state index contributed by atoms with van der Waals surface area (Å²) in [6.07, 6.45) is 3.09. The number of unbranched alkanes of at least 4 members (excludes halogenated alkanes) is 1. The van der Waals surface area contributed by atoms with Crippen molar-refractivity contribution in [2.24, 2.45) is 4.99 Å². The van der Waals surface area contributed by atoms with Crippen LogP contribution in [0, 0.1) is 0 Å². The lowest BCUT2D eigenvalue weighted by molar-refractivity contribution is -0.136. The van der Waals surface area contributed by atoms with Gasteiger partial charge in [-0.15, -0.1) is 0 Å². The molecule has 2 saturated heterocycles. The predicted octanol–water partition coefficient (Wildman–Crippen LogP) is 7.62. The minimum absolute atomic E-state index is 0.0344. The maximum absolute atomic E-state index is 15.2. The molecule has 0 aliphatic carbocycles. The van der Waals surface area contributed by atoms with Crippen LogP contribution in [0.25, 0.3) is 0 Å². The molecule has 304 valence electrons. The van der Waals surface area contributed by atoms with Crippen molar-refractivity contribution < 1.29 is 28.7 Å². The number of nitrogens with one attached hydrogen (secondary N) is 1. The molecule has 0 aromatic heterocycles. The Hall–Kier alpha value is -5.72. The standard InChI is InChI=1S/C45H44Cl2N6O6/c1-3-5-7-27-10-19-32(36(26-27)59-4-2)41-49-39(28-11-15-30(46)16-12-28)40(29-13-17-31(47)18-14-29)53(41)45(58)51-24-22-50(23-25-51)34-9-6-8-33-38(34)44(57)52(43(33)56)35-20-21-37(54)48-42(35)55/h6,8-19,26,35,39-40H,3-5,7,20-25H2,1-2H3,(H,48,54,55)/t35?,39-,40+/m0/s1. The third kappa shape index (κ3) is 7.67. The maximum atomic E-state index is 15.2. The number of amides is 6. The number of piperidine rings is 1. The van der Waals surface area contributed by atoms with Crippen LogP contribution >= 0.6 is 23.2 Å². The largest absolute Gasteiger partial charge is 0.493 e. The molecule has 4 aromatic carbocycles. The fraction of sp³-hybridized carbons (Fsp3) is 0.333. The first-order valence-electron chi connectivity index (χ1n) is 20.1. The Morgan fingerprint density at radius 3 is 2.19 bits per heavy atom. The second-order valence-electron chi connectivity index (χ2n) is 15.1. The van der Waals surface area contributed by atoms with Gasteiger partial charge >= 0.3 is 6.03 Å². The molecule has 4 aromatic rings. The van der Waals surface area contributed by atoms with Crippen molar-refractivity contribution in [1.29, 1.82) is 0 Å². The molecule has 0 saturated carbocycles. The Morgan fingerprint density at radius 1 is 0.831 bits per heavy atom. The fourth-order valence-electron chi connectivity index (χ4n) is 8.47. The number of rotatable bonds is 10. The number of aryl methyl sites for hydroxylation is 1. The summed E-state index contributed by atoms with van der Waals surface area (Å²) in [4.78, 5) is 79.2. The van der Waals surface area contributed by atoms with Crippen LogP contribution in [0.4, 0.5) is 10.5 Å². The van der Waals surface area contributed by atoms with E-state index in [1.807, 2.05) is 66.4 Å². The lowest BCUT2D eigenvalue weighted by Gasteiger charge is -2.40. The molecule has 59 heavy (non-hydrogen) atoms. The molecule has 8 rings (SSSR count). The summed E-state index contributed by atoms with van der Waals surface area (Å²) in [5.41, 5.74) is 4.56. The molecule has 12 nitrogen and oxygen atoms in total. The first kappa shape index (κ1) is 40.1. The number of carbonyl (C=O) groups is 5. The van der Waals surface area contributed by atoms with Crippen molar-refractivity contribution >= 4 is 64.4 Å². The van der Waals surface area contributed by atoms with Gasteiger partial charge in [0, 0.05) is 42.6 Å². The van der Waals surface area contributed by atoms with E-state index < -0.39 is 41.8 Å².